The van der Waals surface area contributed by atoms with Crippen molar-refractivity contribution in [3.05, 3.63) is 39.6 Å². The first-order valence-corrected chi connectivity index (χ1v) is 8.80. The molecule has 1 aromatic rings. The van der Waals surface area contributed by atoms with E-state index in [9.17, 15) is 14.0 Å². The highest BCUT2D eigenvalue weighted by Crippen LogP contribution is 2.38. The molecule has 0 amide bonds. The van der Waals surface area contributed by atoms with Crippen molar-refractivity contribution in [1.82, 2.24) is 0 Å². The fraction of sp³-hybridized carbons (Fsp3) is 0.375. The van der Waals surface area contributed by atoms with Crippen LogP contribution in [0, 0.1) is 5.82 Å². The van der Waals surface area contributed by atoms with Crippen LogP contribution in [0.1, 0.15) is 13.8 Å². The molecule has 0 radical (unpaired) electrons. The number of hydrogen-bond donors (Lipinski definition) is 0. The van der Waals surface area contributed by atoms with Crippen molar-refractivity contribution in [2.75, 3.05) is 30.4 Å². The van der Waals surface area contributed by atoms with Crippen LogP contribution >= 0.6 is 23.4 Å². The minimum absolute atomic E-state index is 0.0300. The second-order valence-electron chi connectivity index (χ2n) is 4.69. The van der Waals surface area contributed by atoms with Crippen LogP contribution in [0.5, 0.6) is 0 Å². The van der Waals surface area contributed by atoms with Gasteiger partial charge in [-0.25, -0.2) is 14.0 Å². The van der Waals surface area contributed by atoms with E-state index in [1.54, 1.807) is 30.9 Å². The summed E-state index contributed by atoms with van der Waals surface area (Å²) in [5.41, 5.74) is -0.0193. The first-order valence-electron chi connectivity index (χ1n) is 7.44. The van der Waals surface area contributed by atoms with Gasteiger partial charge in [0.15, 0.2) is 11.4 Å². The molecule has 0 unspecified atom stereocenters. The van der Waals surface area contributed by atoms with Gasteiger partial charge in [0.2, 0.25) is 0 Å². The van der Waals surface area contributed by atoms with Crippen LogP contribution < -0.4 is 4.90 Å². The van der Waals surface area contributed by atoms with E-state index in [4.69, 9.17) is 21.1 Å². The van der Waals surface area contributed by atoms with Crippen LogP contribution in [0.25, 0.3) is 0 Å². The first kappa shape index (κ1) is 18.6. The minimum Gasteiger partial charge on any atom is -0.462 e. The van der Waals surface area contributed by atoms with Crippen LogP contribution in [-0.4, -0.2) is 37.4 Å². The molecule has 1 heterocycles. The number of carbonyl (C=O) groups excluding carboxylic acids is 2. The molecule has 0 bridgehead atoms. The highest BCUT2D eigenvalue weighted by atomic mass is 35.5. The lowest BCUT2D eigenvalue weighted by molar-refractivity contribution is -0.146. The van der Waals surface area contributed by atoms with E-state index in [1.807, 2.05) is 0 Å². The Bertz CT molecular complexity index is 660. The standard InChI is InChI=1S/C16H17ClFNO4S/c1-3-22-15(20)12(16(21)23-4-2)14-19(8-9-24-14)11-7-5-6-10(17)13(11)18/h5-7H,3-4,8-9H2,1-2H3. The summed E-state index contributed by atoms with van der Waals surface area (Å²) in [6.45, 7) is 3.94. The zero-order valence-corrected chi connectivity index (χ0v) is 14.9. The van der Waals surface area contributed by atoms with Gasteiger partial charge in [0.25, 0.3) is 0 Å². The van der Waals surface area contributed by atoms with Crippen molar-refractivity contribution in [3.8, 4) is 0 Å². The third kappa shape index (κ3) is 3.84. The zero-order chi connectivity index (χ0) is 17.7. The number of anilines is 1. The number of benzene rings is 1. The molecule has 0 aliphatic carbocycles. The smallest absolute Gasteiger partial charge is 0.348 e. The number of hydrogen-bond acceptors (Lipinski definition) is 6. The minimum atomic E-state index is -0.784. The average Bonchev–Trinajstić information content (AvgIpc) is 3.00. The Balaban J connectivity index is 2.52. The Labute approximate surface area is 148 Å². The Kier molecular flexibility index (Phi) is 6.51. The Morgan fingerprint density at radius 2 is 1.88 bits per heavy atom. The molecule has 0 saturated carbocycles. The first-order chi connectivity index (χ1) is 11.5. The molecule has 5 nitrogen and oxygen atoms in total. The molecular weight excluding hydrogens is 357 g/mol. The van der Waals surface area contributed by atoms with E-state index < -0.39 is 17.8 Å². The van der Waals surface area contributed by atoms with Crippen LogP contribution in [-0.2, 0) is 19.1 Å². The van der Waals surface area contributed by atoms with Gasteiger partial charge in [-0.3, -0.25) is 0 Å². The summed E-state index contributed by atoms with van der Waals surface area (Å²) in [7, 11) is 0. The maximum Gasteiger partial charge on any atom is 0.348 e. The summed E-state index contributed by atoms with van der Waals surface area (Å²) in [6.07, 6.45) is 0. The second kappa shape index (κ2) is 8.39. The van der Waals surface area contributed by atoms with E-state index in [-0.39, 0.29) is 29.5 Å². The SMILES string of the molecule is CCOC(=O)C(C(=O)OCC)=C1SCCN1c1cccc(Cl)c1F. The number of halogens is 2. The summed E-state index contributed by atoms with van der Waals surface area (Å²) in [4.78, 5) is 26.0. The van der Waals surface area contributed by atoms with Crippen LogP contribution in [0.2, 0.25) is 5.02 Å². The molecule has 130 valence electrons. The van der Waals surface area contributed by atoms with Crippen LogP contribution in [0.3, 0.4) is 0 Å². The van der Waals surface area contributed by atoms with Gasteiger partial charge in [-0.2, -0.15) is 0 Å². The highest BCUT2D eigenvalue weighted by Gasteiger charge is 2.34. The molecule has 2 rings (SSSR count). The van der Waals surface area contributed by atoms with Crippen LogP contribution in [0.15, 0.2) is 28.8 Å². The van der Waals surface area contributed by atoms with Crippen molar-refractivity contribution in [3.63, 3.8) is 0 Å². The summed E-state index contributed by atoms with van der Waals surface area (Å²) >= 11 is 7.11. The predicted molar refractivity (Wildman–Crippen MR) is 91.5 cm³/mol. The van der Waals surface area contributed by atoms with Gasteiger partial charge in [-0.05, 0) is 26.0 Å². The molecule has 0 spiro atoms. The fourth-order valence-electron chi connectivity index (χ4n) is 2.22. The second-order valence-corrected chi connectivity index (χ2v) is 6.18. The maximum absolute atomic E-state index is 14.4. The van der Waals surface area contributed by atoms with E-state index in [0.29, 0.717) is 17.3 Å². The Hall–Kier alpha value is -1.73. The van der Waals surface area contributed by atoms with Gasteiger partial charge in [0.1, 0.15) is 0 Å². The number of nitrogens with zero attached hydrogens (tertiary/aromatic N) is 1. The molecule has 1 aliphatic heterocycles. The van der Waals surface area contributed by atoms with Crippen molar-refractivity contribution in [2.45, 2.75) is 13.8 Å². The zero-order valence-electron chi connectivity index (χ0n) is 13.3. The molecule has 0 atom stereocenters. The molecular formula is C16H17ClFNO4S. The summed E-state index contributed by atoms with van der Waals surface area (Å²) in [5.74, 6) is -1.59. The van der Waals surface area contributed by atoms with Gasteiger partial charge in [-0.15, -0.1) is 11.8 Å². The monoisotopic (exact) mass is 373 g/mol. The largest absolute Gasteiger partial charge is 0.462 e. The third-order valence-electron chi connectivity index (χ3n) is 3.19. The third-order valence-corrected chi connectivity index (χ3v) is 4.57. The van der Waals surface area contributed by atoms with Crippen molar-refractivity contribution >= 4 is 41.0 Å². The quantitative estimate of drug-likeness (QED) is 0.341. The molecule has 1 aromatic carbocycles. The van der Waals surface area contributed by atoms with Crippen molar-refractivity contribution in [1.29, 1.82) is 0 Å². The number of ether oxygens (including phenoxy) is 2. The highest BCUT2D eigenvalue weighted by molar-refractivity contribution is 8.03. The van der Waals surface area contributed by atoms with Gasteiger partial charge >= 0.3 is 11.9 Å². The van der Waals surface area contributed by atoms with E-state index in [1.165, 1.54) is 17.8 Å². The summed E-state index contributed by atoms with van der Waals surface area (Å²) in [5, 5.41) is 0.283. The van der Waals surface area contributed by atoms with Gasteiger partial charge in [-0.1, -0.05) is 17.7 Å². The van der Waals surface area contributed by atoms with E-state index >= 15 is 0 Å². The molecule has 1 aliphatic rings. The lowest BCUT2D eigenvalue weighted by Gasteiger charge is -2.22. The molecule has 8 heteroatoms. The molecule has 0 aromatic heterocycles. The number of esters is 2. The summed E-state index contributed by atoms with van der Waals surface area (Å²) < 4.78 is 24.3. The van der Waals surface area contributed by atoms with Gasteiger partial charge in [0, 0.05) is 12.3 Å². The normalized spacial score (nSPS) is 13.8. The van der Waals surface area contributed by atoms with E-state index in [2.05, 4.69) is 0 Å². The van der Waals surface area contributed by atoms with Crippen LogP contribution in [0.4, 0.5) is 10.1 Å². The lowest BCUT2D eigenvalue weighted by Crippen LogP contribution is -2.26. The van der Waals surface area contributed by atoms with E-state index in [0.717, 1.165) is 0 Å². The number of rotatable bonds is 5. The Morgan fingerprint density at radius 1 is 1.25 bits per heavy atom. The fourth-order valence-corrected chi connectivity index (χ4v) is 3.51. The Morgan fingerprint density at radius 3 is 2.46 bits per heavy atom. The van der Waals surface area contributed by atoms with Crippen molar-refractivity contribution < 1.29 is 23.5 Å². The van der Waals surface area contributed by atoms with Gasteiger partial charge < -0.3 is 14.4 Å². The molecule has 0 N–H and O–H groups in total. The van der Waals surface area contributed by atoms with Gasteiger partial charge in [0.05, 0.1) is 29.0 Å². The van der Waals surface area contributed by atoms with Crippen molar-refractivity contribution in [2.24, 2.45) is 0 Å². The topological polar surface area (TPSA) is 55.8 Å². The molecule has 1 fully saturated rings. The molecule has 24 heavy (non-hydrogen) atoms. The maximum atomic E-state index is 14.4. The number of thioether (sulfide) groups is 1. The number of carbonyl (C=O) groups is 2. The average molecular weight is 374 g/mol. The lowest BCUT2D eigenvalue weighted by atomic mass is 10.2. The molecule has 1 saturated heterocycles. The summed E-state index contributed by atoms with van der Waals surface area (Å²) in [6, 6.07) is 4.58. The predicted octanol–water partition coefficient (Wildman–Crippen LogP) is 3.37.